The molecule has 2 N–H and O–H groups in total. The highest BCUT2D eigenvalue weighted by molar-refractivity contribution is 14.0. The summed E-state index contributed by atoms with van der Waals surface area (Å²) in [4.78, 5) is 4.66. The zero-order chi connectivity index (χ0) is 15.1. The summed E-state index contributed by atoms with van der Waals surface area (Å²) in [6, 6.07) is 0. The largest absolute Gasteiger partial charge is 0.357 e. The molecule has 0 saturated heterocycles. The highest BCUT2D eigenvalue weighted by atomic mass is 127. The van der Waals surface area contributed by atoms with Crippen LogP contribution < -0.4 is 10.6 Å². The van der Waals surface area contributed by atoms with E-state index in [1.165, 1.54) is 32.1 Å². The van der Waals surface area contributed by atoms with Crippen LogP contribution in [0.15, 0.2) is 17.4 Å². The summed E-state index contributed by atoms with van der Waals surface area (Å²) in [7, 11) is 1.93. The second kappa shape index (κ2) is 9.37. The third kappa shape index (κ3) is 5.44. The van der Waals surface area contributed by atoms with Gasteiger partial charge in [-0.3, -0.25) is 4.68 Å². The Morgan fingerprint density at radius 2 is 2.05 bits per heavy atom. The fourth-order valence-corrected chi connectivity index (χ4v) is 3.12. The molecule has 1 aliphatic carbocycles. The maximum atomic E-state index is 4.66. The number of aryl methyl sites for hydroxylation is 1. The van der Waals surface area contributed by atoms with Crippen LogP contribution in [0, 0.1) is 5.41 Å². The molecule has 0 aromatic carbocycles. The number of aliphatic imine (C=N–C) groups is 1. The molecule has 1 fully saturated rings. The van der Waals surface area contributed by atoms with Gasteiger partial charge in [-0.15, -0.1) is 24.0 Å². The number of halogens is 1. The van der Waals surface area contributed by atoms with Crippen molar-refractivity contribution in [3.8, 4) is 0 Å². The van der Waals surface area contributed by atoms with E-state index in [1.807, 2.05) is 24.1 Å². The molecule has 1 aromatic heterocycles. The number of nitrogens with one attached hydrogen (secondary N) is 2. The molecular formula is C16H30IN5. The molecule has 6 heteroatoms. The van der Waals surface area contributed by atoms with Crippen LogP contribution in [0.1, 0.15) is 51.5 Å². The van der Waals surface area contributed by atoms with Crippen molar-refractivity contribution in [2.45, 2.75) is 52.5 Å². The Kier molecular flexibility index (Phi) is 8.20. The third-order valence-corrected chi connectivity index (χ3v) is 4.57. The summed E-state index contributed by atoms with van der Waals surface area (Å²) in [5.74, 6) is 0.918. The van der Waals surface area contributed by atoms with E-state index in [4.69, 9.17) is 0 Å². The average molecular weight is 419 g/mol. The Morgan fingerprint density at radius 1 is 1.32 bits per heavy atom. The first-order valence-electron chi connectivity index (χ1n) is 8.17. The van der Waals surface area contributed by atoms with Crippen LogP contribution in [0.5, 0.6) is 0 Å². The van der Waals surface area contributed by atoms with Gasteiger partial charge in [0.15, 0.2) is 5.96 Å². The second-order valence-corrected chi connectivity index (χ2v) is 6.13. The zero-order valence-electron chi connectivity index (χ0n) is 14.1. The Labute approximate surface area is 151 Å². The fourth-order valence-electron chi connectivity index (χ4n) is 3.12. The first kappa shape index (κ1) is 19.3. The lowest BCUT2D eigenvalue weighted by atomic mass is 9.83. The molecule has 0 bridgehead atoms. The minimum atomic E-state index is 0. The average Bonchev–Trinajstić information content (AvgIpc) is 3.12. The van der Waals surface area contributed by atoms with E-state index < -0.39 is 0 Å². The van der Waals surface area contributed by atoms with Gasteiger partial charge in [0.25, 0.3) is 0 Å². The first-order chi connectivity index (χ1) is 10.2. The molecule has 0 aliphatic heterocycles. The normalized spacial score (nSPS) is 17.1. The van der Waals surface area contributed by atoms with Crippen LogP contribution in [0.2, 0.25) is 0 Å². The molecule has 22 heavy (non-hydrogen) atoms. The van der Waals surface area contributed by atoms with Gasteiger partial charge in [-0.25, -0.2) is 4.99 Å². The van der Waals surface area contributed by atoms with Crippen LogP contribution in [0.4, 0.5) is 0 Å². The Morgan fingerprint density at radius 3 is 2.59 bits per heavy atom. The summed E-state index contributed by atoms with van der Waals surface area (Å²) in [5.41, 5.74) is 1.62. The SMILES string of the molecule is CCNC(=NCc1cnn(C)c1)NCC1(CC)CCCC1.I. The molecular weight excluding hydrogens is 389 g/mol. The molecule has 1 aromatic rings. The van der Waals surface area contributed by atoms with Crippen molar-refractivity contribution >= 4 is 29.9 Å². The van der Waals surface area contributed by atoms with E-state index in [-0.39, 0.29) is 24.0 Å². The summed E-state index contributed by atoms with van der Waals surface area (Å²) in [6.07, 6.45) is 10.6. The number of guanidine groups is 1. The quantitative estimate of drug-likeness (QED) is 0.424. The highest BCUT2D eigenvalue weighted by Gasteiger charge is 2.31. The van der Waals surface area contributed by atoms with Gasteiger partial charge >= 0.3 is 0 Å². The topological polar surface area (TPSA) is 54.2 Å². The van der Waals surface area contributed by atoms with E-state index in [2.05, 4.69) is 34.6 Å². The van der Waals surface area contributed by atoms with Crippen molar-refractivity contribution in [2.75, 3.05) is 13.1 Å². The van der Waals surface area contributed by atoms with Crippen LogP contribution in [0.25, 0.3) is 0 Å². The summed E-state index contributed by atoms with van der Waals surface area (Å²) >= 11 is 0. The molecule has 0 amide bonds. The van der Waals surface area contributed by atoms with Gasteiger partial charge in [0, 0.05) is 31.9 Å². The summed E-state index contributed by atoms with van der Waals surface area (Å²) in [6.45, 7) is 7.00. The molecule has 0 spiro atoms. The number of hydrogen-bond donors (Lipinski definition) is 2. The summed E-state index contributed by atoms with van der Waals surface area (Å²) < 4.78 is 1.82. The maximum Gasteiger partial charge on any atom is 0.191 e. The van der Waals surface area contributed by atoms with Gasteiger partial charge in [0.05, 0.1) is 12.7 Å². The van der Waals surface area contributed by atoms with Crippen LogP contribution >= 0.6 is 24.0 Å². The number of nitrogens with zero attached hydrogens (tertiary/aromatic N) is 3. The standard InChI is InChI=1S/C16H29N5.HI/c1-4-16(8-6-7-9-16)13-19-15(17-5-2)18-10-14-11-20-21(3)12-14;/h11-12H,4-10,13H2,1-3H3,(H2,17,18,19);1H. The second-order valence-electron chi connectivity index (χ2n) is 6.13. The lowest BCUT2D eigenvalue weighted by molar-refractivity contribution is 0.283. The van der Waals surface area contributed by atoms with Crippen molar-refractivity contribution < 1.29 is 0 Å². The van der Waals surface area contributed by atoms with Gasteiger partial charge in [-0.05, 0) is 31.6 Å². The molecule has 0 unspecified atom stereocenters. The molecule has 5 nitrogen and oxygen atoms in total. The molecule has 0 radical (unpaired) electrons. The fraction of sp³-hybridized carbons (Fsp3) is 0.750. The number of rotatable bonds is 6. The minimum absolute atomic E-state index is 0. The van der Waals surface area contributed by atoms with E-state index in [0.29, 0.717) is 12.0 Å². The van der Waals surface area contributed by atoms with Gasteiger partial charge in [-0.2, -0.15) is 5.10 Å². The smallest absolute Gasteiger partial charge is 0.191 e. The molecule has 0 atom stereocenters. The number of hydrogen-bond acceptors (Lipinski definition) is 2. The lowest BCUT2D eigenvalue weighted by Crippen LogP contribution is -2.42. The van der Waals surface area contributed by atoms with Gasteiger partial charge in [0.1, 0.15) is 0 Å². The van der Waals surface area contributed by atoms with E-state index in [9.17, 15) is 0 Å². The summed E-state index contributed by atoms with van der Waals surface area (Å²) in [5, 5.41) is 11.1. The predicted molar refractivity (Wildman–Crippen MR) is 103 cm³/mol. The van der Waals surface area contributed by atoms with Crippen molar-refractivity contribution in [3.05, 3.63) is 18.0 Å². The molecule has 2 rings (SSSR count). The van der Waals surface area contributed by atoms with E-state index >= 15 is 0 Å². The van der Waals surface area contributed by atoms with Crippen LogP contribution in [0.3, 0.4) is 0 Å². The first-order valence-corrected chi connectivity index (χ1v) is 8.17. The predicted octanol–water partition coefficient (Wildman–Crippen LogP) is 3.06. The molecule has 1 heterocycles. The van der Waals surface area contributed by atoms with Gasteiger partial charge in [0.2, 0.25) is 0 Å². The lowest BCUT2D eigenvalue weighted by Gasteiger charge is -2.28. The maximum absolute atomic E-state index is 4.66. The van der Waals surface area contributed by atoms with Crippen LogP contribution in [-0.2, 0) is 13.6 Å². The molecule has 1 saturated carbocycles. The van der Waals surface area contributed by atoms with Crippen molar-refractivity contribution in [2.24, 2.45) is 17.5 Å². The van der Waals surface area contributed by atoms with Crippen LogP contribution in [-0.4, -0.2) is 28.8 Å². The Bertz CT molecular complexity index is 463. The van der Waals surface area contributed by atoms with E-state index in [0.717, 1.165) is 24.6 Å². The minimum Gasteiger partial charge on any atom is -0.357 e. The van der Waals surface area contributed by atoms with Gasteiger partial charge < -0.3 is 10.6 Å². The Hall–Kier alpha value is -0.790. The van der Waals surface area contributed by atoms with E-state index in [1.54, 1.807) is 0 Å². The van der Waals surface area contributed by atoms with Crippen molar-refractivity contribution in [1.82, 2.24) is 20.4 Å². The molecule has 1 aliphatic rings. The number of aromatic nitrogens is 2. The van der Waals surface area contributed by atoms with Crippen molar-refractivity contribution in [3.63, 3.8) is 0 Å². The zero-order valence-corrected chi connectivity index (χ0v) is 16.4. The Balaban J connectivity index is 0.00000242. The monoisotopic (exact) mass is 419 g/mol. The van der Waals surface area contributed by atoms with Gasteiger partial charge in [-0.1, -0.05) is 19.8 Å². The van der Waals surface area contributed by atoms with Crippen molar-refractivity contribution in [1.29, 1.82) is 0 Å². The third-order valence-electron chi connectivity index (χ3n) is 4.57. The molecule has 126 valence electrons. The highest BCUT2D eigenvalue weighted by Crippen LogP contribution is 2.40.